The standard InChI is InChI=1S/C16H15ClN2S/c1-2-6-11-7-3-4-9-13(11)19-14-10-5-8-12(17)15(14)18-16(19)20/h3-5,7-10H,2,6H2,1H3,(H,18,20). The number of nitrogens with zero attached hydrogens (tertiary/aromatic N) is 1. The van der Waals surface area contributed by atoms with E-state index in [0.717, 1.165) is 29.6 Å². The number of aromatic amines is 1. The number of hydrogen-bond donors (Lipinski definition) is 1. The van der Waals surface area contributed by atoms with Gasteiger partial charge in [-0.25, -0.2) is 0 Å². The van der Waals surface area contributed by atoms with E-state index in [1.807, 2.05) is 24.3 Å². The number of nitrogens with one attached hydrogen (secondary N) is 1. The van der Waals surface area contributed by atoms with Crippen LogP contribution in [0.15, 0.2) is 42.5 Å². The molecule has 1 heterocycles. The van der Waals surface area contributed by atoms with Crippen molar-refractivity contribution in [3.05, 3.63) is 57.8 Å². The predicted octanol–water partition coefficient (Wildman–Crippen LogP) is 5.29. The second kappa shape index (κ2) is 5.43. The van der Waals surface area contributed by atoms with Crippen LogP contribution < -0.4 is 0 Å². The van der Waals surface area contributed by atoms with Gasteiger partial charge in [-0.05, 0) is 42.4 Å². The Morgan fingerprint density at radius 3 is 2.75 bits per heavy atom. The van der Waals surface area contributed by atoms with E-state index in [1.54, 1.807) is 0 Å². The molecule has 1 N–H and O–H groups in total. The minimum atomic E-state index is 0.677. The Labute approximate surface area is 128 Å². The molecule has 3 rings (SSSR count). The first-order chi connectivity index (χ1) is 9.72. The summed E-state index contributed by atoms with van der Waals surface area (Å²) in [5.41, 5.74) is 4.34. The van der Waals surface area contributed by atoms with E-state index in [4.69, 9.17) is 23.8 Å². The van der Waals surface area contributed by atoms with Crippen LogP contribution in [0.2, 0.25) is 5.02 Å². The normalized spacial score (nSPS) is 11.1. The number of benzene rings is 2. The molecule has 0 unspecified atom stereocenters. The highest BCUT2D eigenvalue weighted by atomic mass is 35.5. The summed E-state index contributed by atoms with van der Waals surface area (Å²) in [4.78, 5) is 3.21. The molecule has 3 aromatic rings. The molecule has 0 saturated carbocycles. The van der Waals surface area contributed by atoms with Crippen molar-refractivity contribution in [3.63, 3.8) is 0 Å². The Hall–Kier alpha value is -1.58. The summed E-state index contributed by atoms with van der Waals surface area (Å²) in [6.45, 7) is 2.18. The largest absolute Gasteiger partial charge is 0.329 e. The van der Waals surface area contributed by atoms with Gasteiger partial charge in [0.1, 0.15) is 0 Å². The first kappa shape index (κ1) is 13.4. The SMILES string of the molecule is CCCc1ccccc1-n1c(=S)[nH]c2c(Cl)cccc21. The van der Waals surface area contributed by atoms with Gasteiger partial charge in [-0.2, -0.15) is 0 Å². The number of fused-ring (bicyclic) bond motifs is 1. The van der Waals surface area contributed by atoms with Crippen LogP contribution in [0, 0.1) is 4.77 Å². The summed E-state index contributed by atoms with van der Waals surface area (Å²) in [5.74, 6) is 0. The van der Waals surface area contributed by atoms with Crippen LogP contribution in [0.3, 0.4) is 0 Å². The Morgan fingerprint density at radius 2 is 1.95 bits per heavy atom. The summed E-state index contributed by atoms with van der Waals surface area (Å²) in [6.07, 6.45) is 2.14. The average molecular weight is 303 g/mol. The third-order valence-corrected chi connectivity index (χ3v) is 4.02. The second-order valence-electron chi connectivity index (χ2n) is 4.78. The summed E-state index contributed by atoms with van der Waals surface area (Å²) in [6, 6.07) is 14.2. The zero-order chi connectivity index (χ0) is 14.1. The fourth-order valence-corrected chi connectivity index (χ4v) is 3.06. The van der Waals surface area contributed by atoms with Crippen LogP contribution in [0.4, 0.5) is 0 Å². The minimum Gasteiger partial charge on any atom is -0.329 e. The van der Waals surface area contributed by atoms with Gasteiger partial charge < -0.3 is 4.98 Å². The highest BCUT2D eigenvalue weighted by molar-refractivity contribution is 7.71. The fraction of sp³-hybridized carbons (Fsp3) is 0.188. The van der Waals surface area contributed by atoms with E-state index in [2.05, 4.69) is 34.7 Å². The lowest BCUT2D eigenvalue weighted by Crippen LogP contribution is -1.99. The zero-order valence-electron chi connectivity index (χ0n) is 11.2. The molecule has 0 aliphatic heterocycles. The topological polar surface area (TPSA) is 20.7 Å². The molecule has 0 bridgehead atoms. The van der Waals surface area contributed by atoms with Gasteiger partial charge in [0.05, 0.1) is 21.7 Å². The van der Waals surface area contributed by atoms with Crippen molar-refractivity contribution in [2.24, 2.45) is 0 Å². The zero-order valence-corrected chi connectivity index (χ0v) is 12.8. The molecule has 0 atom stereocenters. The second-order valence-corrected chi connectivity index (χ2v) is 5.57. The fourth-order valence-electron chi connectivity index (χ4n) is 2.54. The van der Waals surface area contributed by atoms with E-state index >= 15 is 0 Å². The number of aryl methyl sites for hydroxylation is 1. The van der Waals surface area contributed by atoms with Crippen molar-refractivity contribution in [3.8, 4) is 5.69 Å². The molecule has 2 aromatic carbocycles. The lowest BCUT2D eigenvalue weighted by atomic mass is 10.1. The molecule has 102 valence electrons. The predicted molar refractivity (Wildman–Crippen MR) is 87.5 cm³/mol. The van der Waals surface area contributed by atoms with E-state index in [0.29, 0.717) is 9.79 Å². The number of H-pyrrole nitrogens is 1. The van der Waals surface area contributed by atoms with Crippen LogP contribution in [0.1, 0.15) is 18.9 Å². The van der Waals surface area contributed by atoms with Crippen molar-refractivity contribution < 1.29 is 0 Å². The van der Waals surface area contributed by atoms with Crippen molar-refractivity contribution in [2.75, 3.05) is 0 Å². The molecule has 20 heavy (non-hydrogen) atoms. The summed E-state index contributed by atoms with van der Waals surface area (Å²) < 4.78 is 2.75. The molecular weight excluding hydrogens is 288 g/mol. The molecule has 0 fully saturated rings. The molecule has 0 spiro atoms. The van der Waals surface area contributed by atoms with Gasteiger partial charge in [0, 0.05) is 0 Å². The van der Waals surface area contributed by atoms with E-state index < -0.39 is 0 Å². The quantitative estimate of drug-likeness (QED) is 0.652. The molecule has 0 aliphatic rings. The third-order valence-electron chi connectivity index (χ3n) is 3.42. The van der Waals surface area contributed by atoms with Gasteiger partial charge >= 0.3 is 0 Å². The van der Waals surface area contributed by atoms with Crippen molar-refractivity contribution >= 4 is 34.9 Å². The molecule has 0 radical (unpaired) electrons. The van der Waals surface area contributed by atoms with Gasteiger partial charge in [-0.1, -0.05) is 49.2 Å². The molecule has 0 saturated heterocycles. The Bertz CT molecular complexity index is 817. The van der Waals surface area contributed by atoms with Gasteiger partial charge in [-0.15, -0.1) is 0 Å². The number of para-hydroxylation sites is 2. The third kappa shape index (κ3) is 2.17. The Kier molecular flexibility index (Phi) is 3.64. The van der Waals surface area contributed by atoms with Gasteiger partial charge in [0.25, 0.3) is 0 Å². The maximum atomic E-state index is 6.24. The number of rotatable bonds is 3. The first-order valence-electron chi connectivity index (χ1n) is 6.70. The number of halogens is 1. The highest BCUT2D eigenvalue weighted by Crippen LogP contribution is 2.27. The van der Waals surface area contributed by atoms with Gasteiger partial charge in [0.15, 0.2) is 4.77 Å². The summed E-state index contributed by atoms with van der Waals surface area (Å²) >= 11 is 11.7. The lowest BCUT2D eigenvalue weighted by molar-refractivity contribution is 0.900. The molecule has 0 aliphatic carbocycles. The van der Waals surface area contributed by atoms with Crippen LogP contribution >= 0.6 is 23.8 Å². The maximum Gasteiger partial charge on any atom is 0.182 e. The number of hydrogen-bond acceptors (Lipinski definition) is 1. The van der Waals surface area contributed by atoms with Gasteiger partial charge in [0.2, 0.25) is 0 Å². The average Bonchev–Trinajstić information content (AvgIpc) is 2.78. The van der Waals surface area contributed by atoms with E-state index in [-0.39, 0.29) is 0 Å². The van der Waals surface area contributed by atoms with Crippen molar-refractivity contribution in [1.82, 2.24) is 9.55 Å². The smallest absolute Gasteiger partial charge is 0.182 e. The molecule has 1 aromatic heterocycles. The first-order valence-corrected chi connectivity index (χ1v) is 7.48. The number of imidazole rings is 1. The Morgan fingerprint density at radius 1 is 1.15 bits per heavy atom. The van der Waals surface area contributed by atoms with Crippen molar-refractivity contribution in [2.45, 2.75) is 19.8 Å². The molecule has 0 amide bonds. The monoisotopic (exact) mass is 302 g/mol. The lowest BCUT2D eigenvalue weighted by Gasteiger charge is -2.10. The van der Waals surface area contributed by atoms with E-state index in [9.17, 15) is 0 Å². The van der Waals surface area contributed by atoms with Crippen LogP contribution in [-0.4, -0.2) is 9.55 Å². The Balaban J connectivity index is 2.33. The van der Waals surface area contributed by atoms with E-state index in [1.165, 1.54) is 5.56 Å². The maximum absolute atomic E-state index is 6.24. The number of aromatic nitrogens is 2. The molecular formula is C16H15ClN2S. The molecule has 2 nitrogen and oxygen atoms in total. The van der Waals surface area contributed by atoms with Crippen molar-refractivity contribution in [1.29, 1.82) is 0 Å². The van der Waals surface area contributed by atoms with Crippen LogP contribution in [0.25, 0.3) is 16.7 Å². The van der Waals surface area contributed by atoms with Gasteiger partial charge in [-0.3, -0.25) is 4.57 Å². The molecule has 4 heteroatoms. The summed E-state index contributed by atoms with van der Waals surface area (Å²) in [5, 5.41) is 0.695. The van der Waals surface area contributed by atoms with Crippen LogP contribution in [-0.2, 0) is 6.42 Å². The highest BCUT2D eigenvalue weighted by Gasteiger charge is 2.11. The van der Waals surface area contributed by atoms with Crippen LogP contribution in [0.5, 0.6) is 0 Å². The summed E-state index contributed by atoms with van der Waals surface area (Å²) in [7, 11) is 0. The minimum absolute atomic E-state index is 0.677.